The molecule has 0 unspecified atom stereocenters. The van der Waals surface area contributed by atoms with Gasteiger partial charge in [-0.05, 0) is 37.0 Å². The van der Waals surface area contributed by atoms with E-state index >= 15 is 0 Å². The van der Waals surface area contributed by atoms with Gasteiger partial charge in [-0.25, -0.2) is 4.68 Å². The van der Waals surface area contributed by atoms with Crippen LogP contribution in [0.5, 0.6) is 0 Å². The van der Waals surface area contributed by atoms with Crippen LogP contribution >= 0.6 is 0 Å². The summed E-state index contributed by atoms with van der Waals surface area (Å²) in [5, 5.41) is 8.23. The first-order chi connectivity index (χ1) is 12.4. The second-order valence-electron chi connectivity index (χ2n) is 7.34. The van der Waals surface area contributed by atoms with Crippen molar-refractivity contribution in [2.45, 2.75) is 37.6 Å². The van der Waals surface area contributed by atoms with Gasteiger partial charge in [0, 0.05) is 31.9 Å². The van der Waals surface area contributed by atoms with Gasteiger partial charge in [-0.2, -0.15) is 10.1 Å². The lowest BCUT2D eigenvalue weighted by atomic mass is 9.64. The first-order valence-electron chi connectivity index (χ1n) is 9.48. The molecule has 1 N–H and O–H groups in total. The maximum atomic E-state index is 5.46. The summed E-state index contributed by atoms with van der Waals surface area (Å²) in [6.07, 6.45) is 4.67. The third kappa shape index (κ3) is 2.51. The largest absolute Gasteiger partial charge is 0.378 e. The van der Waals surface area contributed by atoms with Crippen molar-refractivity contribution in [3.63, 3.8) is 0 Å². The maximum absolute atomic E-state index is 5.46. The maximum Gasteiger partial charge on any atom is 0.221 e. The minimum absolute atomic E-state index is 0.00948. The Kier molecular flexibility index (Phi) is 3.66. The van der Waals surface area contributed by atoms with Crippen LogP contribution in [0.1, 0.15) is 37.1 Å². The van der Waals surface area contributed by atoms with Crippen molar-refractivity contribution in [2.75, 3.05) is 43.1 Å². The third-order valence-electron chi connectivity index (χ3n) is 5.93. The van der Waals surface area contributed by atoms with Gasteiger partial charge in [-0.1, -0.05) is 18.6 Å². The Hall–Kier alpha value is -2.08. The molecule has 0 spiro atoms. The number of benzene rings is 1. The summed E-state index contributed by atoms with van der Waals surface area (Å²) in [5.74, 6) is 1.94. The molecule has 2 aliphatic heterocycles. The minimum Gasteiger partial charge on any atom is -0.378 e. The van der Waals surface area contributed by atoms with Crippen molar-refractivity contribution < 1.29 is 4.74 Å². The van der Waals surface area contributed by atoms with E-state index in [-0.39, 0.29) is 5.41 Å². The summed E-state index contributed by atoms with van der Waals surface area (Å²) < 4.78 is 7.50. The Labute approximate surface area is 148 Å². The summed E-state index contributed by atoms with van der Waals surface area (Å²) in [7, 11) is 0. The van der Waals surface area contributed by atoms with Crippen molar-refractivity contribution in [3.05, 3.63) is 35.7 Å². The van der Waals surface area contributed by atoms with E-state index in [1.54, 1.807) is 0 Å². The second kappa shape index (κ2) is 6.02. The molecule has 0 radical (unpaired) electrons. The van der Waals surface area contributed by atoms with Gasteiger partial charge >= 0.3 is 0 Å². The van der Waals surface area contributed by atoms with Crippen LogP contribution < -0.4 is 10.2 Å². The van der Waals surface area contributed by atoms with Crippen LogP contribution in [-0.2, 0) is 16.7 Å². The van der Waals surface area contributed by atoms with Gasteiger partial charge in [0.1, 0.15) is 0 Å². The van der Waals surface area contributed by atoms with Crippen molar-refractivity contribution in [1.29, 1.82) is 0 Å². The van der Waals surface area contributed by atoms with E-state index in [1.165, 1.54) is 17.7 Å². The fraction of sp³-hybridized carbons (Fsp3) is 0.579. The third-order valence-corrected chi connectivity index (χ3v) is 5.93. The van der Waals surface area contributed by atoms with Crippen LogP contribution in [0.4, 0.5) is 11.6 Å². The zero-order valence-electron chi connectivity index (χ0n) is 14.6. The number of nitrogens with zero attached hydrogens (tertiary/aromatic N) is 4. The van der Waals surface area contributed by atoms with Crippen LogP contribution in [0.15, 0.2) is 24.3 Å². The average Bonchev–Trinajstić information content (AvgIpc) is 3.06. The molecule has 6 nitrogen and oxygen atoms in total. The highest BCUT2D eigenvalue weighted by atomic mass is 16.5. The first kappa shape index (κ1) is 15.2. The van der Waals surface area contributed by atoms with Crippen LogP contribution in [-0.4, -0.2) is 47.6 Å². The SMILES string of the molecule is c1cc(C2(c3nc4n(n3)CCCN4)CCC2)ccc1N1CCOCC1. The predicted octanol–water partition coefficient (Wildman–Crippen LogP) is 2.40. The molecule has 25 heavy (non-hydrogen) atoms. The number of hydrogen-bond acceptors (Lipinski definition) is 5. The van der Waals surface area contributed by atoms with E-state index in [0.717, 1.165) is 70.4 Å². The standard InChI is InChI=1S/C19H25N5O/c1-7-19(8-1,17-21-18-20-9-2-10-24(18)22-17)15-3-5-16(6-4-15)23-11-13-25-14-12-23/h3-6H,1-2,7-14H2,(H,20,21,22). The smallest absolute Gasteiger partial charge is 0.221 e. The number of ether oxygens (including phenoxy) is 1. The Morgan fingerprint density at radius 2 is 1.80 bits per heavy atom. The van der Waals surface area contributed by atoms with Crippen LogP contribution in [0.25, 0.3) is 0 Å². The van der Waals surface area contributed by atoms with E-state index in [2.05, 4.69) is 34.5 Å². The van der Waals surface area contributed by atoms with E-state index in [4.69, 9.17) is 14.8 Å². The molecule has 1 aliphatic carbocycles. The lowest BCUT2D eigenvalue weighted by Crippen LogP contribution is -2.37. The Morgan fingerprint density at radius 3 is 2.48 bits per heavy atom. The average molecular weight is 339 g/mol. The number of nitrogens with one attached hydrogen (secondary N) is 1. The van der Waals surface area contributed by atoms with Gasteiger partial charge in [0.15, 0.2) is 5.82 Å². The van der Waals surface area contributed by atoms with Gasteiger partial charge in [0.2, 0.25) is 5.95 Å². The summed E-state index contributed by atoms with van der Waals surface area (Å²) in [6.45, 7) is 5.57. The van der Waals surface area contributed by atoms with E-state index in [1.807, 2.05) is 4.68 Å². The molecule has 2 fully saturated rings. The highest BCUT2D eigenvalue weighted by Gasteiger charge is 2.44. The number of aromatic nitrogens is 3. The van der Waals surface area contributed by atoms with Gasteiger partial charge in [0.25, 0.3) is 0 Å². The number of rotatable bonds is 3. The predicted molar refractivity (Wildman–Crippen MR) is 97.2 cm³/mol. The topological polar surface area (TPSA) is 55.2 Å². The van der Waals surface area contributed by atoms with Gasteiger partial charge in [0.05, 0.1) is 18.6 Å². The summed E-state index contributed by atoms with van der Waals surface area (Å²) in [4.78, 5) is 7.25. The van der Waals surface area contributed by atoms with Crippen molar-refractivity contribution in [3.8, 4) is 0 Å². The molecule has 5 rings (SSSR count). The Balaban J connectivity index is 1.44. The van der Waals surface area contributed by atoms with Crippen molar-refractivity contribution >= 4 is 11.6 Å². The van der Waals surface area contributed by atoms with Crippen molar-refractivity contribution in [1.82, 2.24) is 14.8 Å². The second-order valence-corrected chi connectivity index (χ2v) is 7.34. The molecule has 1 aromatic heterocycles. The summed E-state index contributed by atoms with van der Waals surface area (Å²) in [6, 6.07) is 9.10. The summed E-state index contributed by atoms with van der Waals surface area (Å²) >= 11 is 0. The van der Waals surface area contributed by atoms with Crippen LogP contribution in [0, 0.1) is 0 Å². The zero-order chi connectivity index (χ0) is 16.7. The molecule has 1 aromatic carbocycles. The fourth-order valence-corrected chi connectivity index (χ4v) is 4.25. The first-order valence-corrected chi connectivity index (χ1v) is 9.48. The summed E-state index contributed by atoms with van der Waals surface area (Å²) in [5.41, 5.74) is 2.66. The van der Waals surface area contributed by atoms with Gasteiger partial charge in [-0.15, -0.1) is 0 Å². The molecule has 1 saturated heterocycles. The molecule has 2 aromatic rings. The van der Waals surface area contributed by atoms with E-state index in [9.17, 15) is 0 Å². The van der Waals surface area contributed by atoms with Crippen molar-refractivity contribution in [2.24, 2.45) is 0 Å². The quantitative estimate of drug-likeness (QED) is 0.931. The lowest BCUT2D eigenvalue weighted by molar-refractivity contribution is 0.122. The molecule has 1 saturated carbocycles. The molecular weight excluding hydrogens is 314 g/mol. The molecule has 132 valence electrons. The molecule has 3 aliphatic rings. The Bertz CT molecular complexity index is 720. The molecule has 6 heteroatoms. The molecule has 0 atom stereocenters. The fourth-order valence-electron chi connectivity index (χ4n) is 4.25. The lowest BCUT2D eigenvalue weighted by Gasteiger charge is -2.40. The number of fused-ring (bicyclic) bond motifs is 1. The number of anilines is 2. The van der Waals surface area contributed by atoms with Crippen LogP contribution in [0.3, 0.4) is 0 Å². The number of hydrogen-bond donors (Lipinski definition) is 1. The zero-order valence-corrected chi connectivity index (χ0v) is 14.6. The minimum atomic E-state index is 0.00948. The van der Waals surface area contributed by atoms with E-state index < -0.39 is 0 Å². The molecular formula is C19H25N5O. The number of aryl methyl sites for hydroxylation is 1. The monoisotopic (exact) mass is 339 g/mol. The number of morpholine rings is 1. The van der Waals surface area contributed by atoms with Crippen LogP contribution in [0.2, 0.25) is 0 Å². The Morgan fingerprint density at radius 1 is 1.00 bits per heavy atom. The molecule has 0 bridgehead atoms. The molecule has 0 amide bonds. The highest BCUT2D eigenvalue weighted by Crippen LogP contribution is 2.48. The van der Waals surface area contributed by atoms with E-state index in [0.29, 0.717) is 0 Å². The molecule has 3 heterocycles. The highest BCUT2D eigenvalue weighted by molar-refractivity contribution is 5.51. The van der Waals surface area contributed by atoms with Gasteiger partial charge < -0.3 is 15.0 Å². The van der Waals surface area contributed by atoms with Gasteiger partial charge in [-0.3, -0.25) is 0 Å². The normalized spacial score (nSPS) is 22.0.